The maximum absolute atomic E-state index is 12.4. The highest BCUT2D eigenvalue weighted by Crippen LogP contribution is 2.11. The van der Waals surface area contributed by atoms with Crippen molar-refractivity contribution in [3.8, 4) is 23.7 Å². The van der Waals surface area contributed by atoms with Gasteiger partial charge in [-0.1, -0.05) is 11.8 Å². The molecule has 25 heavy (non-hydrogen) atoms. The quantitative estimate of drug-likeness (QED) is 0.285. The number of benzene rings is 1. The second-order valence-corrected chi connectivity index (χ2v) is 5.64. The minimum atomic E-state index is -0.983. The van der Waals surface area contributed by atoms with E-state index in [4.69, 9.17) is 10.3 Å². The molecule has 0 fully saturated rings. The molecule has 1 rings (SSSR count). The van der Waals surface area contributed by atoms with E-state index in [0.29, 0.717) is 11.1 Å². The molecule has 1 aromatic rings. The molecule has 1 atom stereocenters. The Hall–Kier alpha value is -2.84. The lowest BCUT2D eigenvalue weighted by molar-refractivity contribution is -0.132. The van der Waals surface area contributed by atoms with Gasteiger partial charge < -0.3 is 15.7 Å². The maximum Gasteiger partial charge on any atom is 0.267 e. The maximum atomic E-state index is 12.4. The van der Waals surface area contributed by atoms with Crippen molar-refractivity contribution in [2.45, 2.75) is 25.4 Å². The summed E-state index contributed by atoms with van der Waals surface area (Å²) in [6, 6.07) is 5.45. The van der Waals surface area contributed by atoms with E-state index in [9.17, 15) is 9.59 Å². The first-order valence-electron chi connectivity index (χ1n) is 7.49. The zero-order valence-electron chi connectivity index (χ0n) is 14.3. The number of aliphatic hydroxyl groups excluding tert-OH is 1. The molecule has 1 aromatic carbocycles. The van der Waals surface area contributed by atoms with Crippen LogP contribution >= 0.6 is 0 Å². The Morgan fingerprint density at radius 3 is 2.36 bits per heavy atom. The topological polar surface area (TPSA) is 111 Å². The van der Waals surface area contributed by atoms with Crippen LogP contribution in [-0.2, 0) is 4.79 Å². The predicted octanol–water partition coefficient (Wildman–Crippen LogP) is -0.364. The molecule has 132 valence electrons. The monoisotopic (exact) mass is 343 g/mol. The Bertz CT molecular complexity index is 734. The summed E-state index contributed by atoms with van der Waals surface area (Å²) >= 11 is 0. The van der Waals surface area contributed by atoms with E-state index >= 15 is 0 Å². The lowest BCUT2D eigenvalue weighted by Gasteiger charge is -2.32. The Balaban J connectivity index is 2.91. The van der Waals surface area contributed by atoms with Gasteiger partial charge in [-0.15, -0.1) is 0 Å². The van der Waals surface area contributed by atoms with Crippen LogP contribution in [-0.4, -0.2) is 47.4 Å². The molecule has 0 radical (unpaired) electrons. The Labute approximate surface area is 146 Å². The molecule has 0 bridgehead atoms. The Morgan fingerprint density at radius 1 is 1.20 bits per heavy atom. The fourth-order valence-electron chi connectivity index (χ4n) is 1.89. The van der Waals surface area contributed by atoms with Gasteiger partial charge in [0.25, 0.3) is 11.8 Å². The van der Waals surface area contributed by atoms with Crippen LogP contribution in [0.1, 0.15) is 29.8 Å². The number of carbonyl (C=O) groups is 2. The first kappa shape index (κ1) is 20.2. The second-order valence-electron chi connectivity index (χ2n) is 5.64. The average molecular weight is 343 g/mol. The minimum Gasteiger partial charge on any atom is -0.384 e. The summed E-state index contributed by atoms with van der Waals surface area (Å²) in [6.07, 6.45) is 0. The van der Waals surface area contributed by atoms with Gasteiger partial charge in [-0.05, 0) is 57.0 Å². The average Bonchev–Trinajstić information content (AvgIpc) is 2.62. The molecule has 0 aromatic heterocycles. The van der Waals surface area contributed by atoms with Crippen molar-refractivity contribution in [1.29, 1.82) is 0 Å². The molecule has 0 saturated carbocycles. The van der Waals surface area contributed by atoms with Crippen molar-refractivity contribution in [2.24, 2.45) is 0 Å². The van der Waals surface area contributed by atoms with E-state index in [1.165, 1.54) is 0 Å². The lowest BCUT2D eigenvalue weighted by atomic mass is 9.93. The first-order valence-corrected chi connectivity index (χ1v) is 7.49. The summed E-state index contributed by atoms with van der Waals surface area (Å²) in [6.45, 7) is 3.19. The Kier molecular flexibility index (Phi) is 7.64. The van der Waals surface area contributed by atoms with Crippen molar-refractivity contribution in [1.82, 2.24) is 16.1 Å². The van der Waals surface area contributed by atoms with Gasteiger partial charge in [0, 0.05) is 16.7 Å². The minimum absolute atomic E-state index is 0.251. The van der Waals surface area contributed by atoms with Gasteiger partial charge in [-0.2, -0.15) is 0 Å². The van der Waals surface area contributed by atoms with Gasteiger partial charge in [0.15, 0.2) is 0 Å². The lowest BCUT2D eigenvalue weighted by Crippen LogP contribution is -2.62. The SMILES string of the molecule is CNC(C)(C)C(NC(=O)c1ccc(C#CC#CCO)cc1)C(=O)NO. The van der Waals surface area contributed by atoms with Gasteiger partial charge in [-0.3, -0.25) is 14.8 Å². The van der Waals surface area contributed by atoms with Crippen molar-refractivity contribution in [3.63, 3.8) is 0 Å². The Morgan fingerprint density at radius 2 is 1.84 bits per heavy atom. The fourth-order valence-corrected chi connectivity index (χ4v) is 1.89. The normalized spacial score (nSPS) is 11.2. The van der Waals surface area contributed by atoms with Crippen LogP contribution in [0.15, 0.2) is 24.3 Å². The number of hydrogen-bond donors (Lipinski definition) is 5. The summed E-state index contributed by atoms with van der Waals surface area (Å²) in [5.74, 6) is 9.04. The highest BCUT2D eigenvalue weighted by atomic mass is 16.5. The van der Waals surface area contributed by atoms with Crippen LogP contribution in [0.2, 0.25) is 0 Å². The third-order valence-electron chi connectivity index (χ3n) is 3.60. The fraction of sp³-hybridized carbons (Fsp3) is 0.333. The van der Waals surface area contributed by atoms with E-state index in [2.05, 4.69) is 34.3 Å². The van der Waals surface area contributed by atoms with Gasteiger partial charge >= 0.3 is 0 Å². The zero-order chi connectivity index (χ0) is 18.9. The van der Waals surface area contributed by atoms with Crippen LogP contribution < -0.4 is 16.1 Å². The van der Waals surface area contributed by atoms with Crippen molar-refractivity contribution in [2.75, 3.05) is 13.7 Å². The van der Waals surface area contributed by atoms with Crippen LogP contribution in [0.5, 0.6) is 0 Å². The highest BCUT2D eigenvalue weighted by molar-refractivity contribution is 5.97. The molecule has 0 spiro atoms. The number of carbonyl (C=O) groups excluding carboxylic acids is 2. The summed E-state index contributed by atoms with van der Waals surface area (Å²) in [5, 5.41) is 22.9. The number of nitrogens with one attached hydrogen (secondary N) is 3. The van der Waals surface area contributed by atoms with Gasteiger partial charge in [0.05, 0.1) is 0 Å². The predicted molar refractivity (Wildman–Crippen MR) is 92.5 cm³/mol. The van der Waals surface area contributed by atoms with Crippen LogP contribution in [0, 0.1) is 23.7 Å². The summed E-state index contributed by atoms with van der Waals surface area (Å²) < 4.78 is 0. The largest absolute Gasteiger partial charge is 0.384 e. The van der Waals surface area contributed by atoms with Gasteiger partial charge in [0.1, 0.15) is 12.6 Å². The molecule has 1 unspecified atom stereocenters. The van der Waals surface area contributed by atoms with Crippen molar-refractivity contribution >= 4 is 11.8 Å². The molecule has 0 aliphatic rings. The number of likely N-dealkylation sites (N-methyl/N-ethyl adjacent to an activating group) is 1. The van der Waals surface area contributed by atoms with Crippen LogP contribution in [0.4, 0.5) is 0 Å². The van der Waals surface area contributed by atoms with Crippen molar-refractivity contribution < 1.29 is 19.9 Å². The van der Waals surface area contributed by atoms with Crippen LogP contribution in [0.3, 0.4) is 0 Å². The van der Waals surface area contributed by atoms with E-state index in [1.54, 1.807) is 50.6 Å². The molecule has 5 N–H and O–H groups in total. The molecule has 0 saturated heterocycles. The molecular weight excluding hydrogens is 322 g/mol. The molecule has 7 nitrogen and oxygen atoms in total. The van der Waals surface area contributed by atoms with E-state index in [1.807, 2.05) is 0 Å². The molecule has 2 amide bonds. The van der Waals surface area contributed by atoms with Crippen LogP contribution in [0.25, 0.3) is 0 Å². The first-order chi connectivity index (χ1) is 11.9. The number of hydrogen-bond acceptors (Lipinski definition) is 5. The number of amides is 2. The summed E-state index contributed by atoms with van der Waals surface area (Å²) in [4.78, 5) is 24.2. The summed E-state index contributed by atoms with van der Waals surface area (Å²) in [5.41, 5.74) is 1.78. The van der Waals surface area contributed by atoms with Crippen molar-refractivity contribution in [3.05, 3.63) is 35.4 Å². The standard InChI is InChI=1S/C18H21N3O4/c1-18(2,19-3)15(17(24)21-25)20-16(23)14-10-8-13(9-11-14)7-5-4-6-12-22/h8-11,15,19,22,25H,12H2,1-3H3,(H,20,23)(H,21,24). The van der Waals surface area contributed by atoms with E-state index in [-0.39, 0.29) is 6.61 Å². The molecule has 0 heterocycles. The molecule has 0 aliphatic carbocycles. The summed E-state index contributed by atoms with van der Waals surface area (Å²) in [7, 11) is 1.65. The number of hydroxylamine groups is 1. The third kappa shape index (κ3) is 5.94. The molecule has 0 aliphatic heterocycles. The number of rotatable bonds is 5. The van der Waals surface area contributed by atoms with E-state index in [0.717, 1.165) is 0 Å². The van der Waals surface area contributed by atoms with Gasteiger partial charge in [0.2, 0.25) is 0 Å². The smallest absolute Gasteiger partial charge is 0.267 e. The molecular formula is C18H21N3O4. The second kappa shape index (κ2) is 9.45. The zero-order valence-corrected chi connectivity index (χ0v) is 14.3. The third-order valence-corrected chi connectivity index (χ3v) is 3.60. The van der Waals surface area contributed by atoms with E-state index < -0.39 is 23.4 Å². The molecule has 7 heteroatoms. The van der Waals surface area contributed by atoms with Gasteiger partial charge in [-0.25, -0.2) is 5.48 Å². The number of aliphatic hydroxyl groups is 1. The highest BCUT2D eigenvalue weighted by Gasteiger charge is 2.35.